The van der Waals surface area contributed by atoms with E-state index < -0.39 is 0 Å². The van der Waals surface area contributed by atoms with Gasteiger partial charge in [-0.15, -0.1) is 0 Å². The molecule has 4 nitrogen and oxygen atoms in total. The van der Waals surface area contributed by atoms with Gasteiger partial charge in [0.25, 0.3) is 0 Å². The van der Waals surface area contributed by atoms with E-state index in [1.807, 2.05) is 38.4 Å². The molecule has 0 spiro atoms. The van der Waals surface area contributed by atoms with Crippen molar-refractivity contribution in [2.24, 2.45) is 0 Å². The monoisotopic (exact) mass is 256 g/mol. The van der Waals surface area contributed by atoms with Crippen LogP contribution in [0.25, 0.3) is 11.3 Å². The zero-order valence-electron chi connectivity index (χ0n) is 11.7. The highest BCUT2D eigenvalue weighted by Crippen LogP contribution is 2.19. The Bertz CT molecular complexity index is 523. The van der Waals surface area contributed by atoms with Gasteiger partial charge in [0, 0.05) is 18.2 Å². The highest BCUT2D eigenvalue weighted by molar-refractivity contribution is 5.62. The van der Waals surface area contributed by atoms with Gasteiger partial charge in [-0.25, -0.2) is 9.97 Å². The molecular weight excluding hydrogens is 236 g/mol. The van der Waals surface area contributed by atoms with Gasteiger partial charge in [0.2, 0.25) is 0 Å². The Kier molecular flexibility index (Phi) is 4.47. The molecule has 0 fully saturated rings. The minimum Gasteiger partial charge on any atom is -0.370 e. The summed E-state index contributed by atoms with van der Waals surface area (Å²) in [7, 11) is 4.04. The van der Waals surface area contributed by atoms with Crippen molar-refractivity contribution in [2.75, 3.05) is 26.0 Å². The molecule has 0 unspecified atom stereocenters. The van der Waals surface area contributed by atoms with Gasteiger partial charge in [0.05, 0.1) is 12.2 Å². The summed E-state index contributed by atoms with van der Waals surface area (Å²) in [6.07, 6.45) is 0. The molecule has 1 aromatic heterocycles. The van der Waals surface area contributed by atoms with Gasteiger partial charge in [0.15, 0.2) is 0 Å². The van der Waals surface area contributed by atoms with Crippen LogP contribution in [0.5, 0.6) is 0 Å². The van der Waals surface area contributed by atoms with Crippen LogP contribution in [0.1, 0.15) is 12.7 Å². The van der Waals surface area contributed by atoms with Crippen LogP contribution in [-0.4, -0.2) is 35.5 Å². The number of nitrogens with zero attached hydrogens (tertiary/aromatic N) is 3. The maximum atomic E-state index is 4.63. The van der Waals surface area contributed by atoms with E-state index >= 15 is 0 Å². The molecule has 0 radical (unpaired) electrons. The minimum atomic E-state index is 0.735. The summed E-state index contributed by atoms with van der Waals surface area (Å²) in [4.78, 5) is 11.2. The highest BCUT2D eigenvalue weighted by atomic mass is 15.1. The van der Waals surface area contributed by atoms with Crippen molar-refractivity contribution in [3.05, 3.63) is 42.2 Å². The maximum absolute atomic E-state index is 4.63. The van der Waals surface area contributed by atoms with Crippen molar-refractivity contribution in [3.63, 3.8) is 0 Å². The largest absolute Gasteiger partial charge is 0.370 e. The molecule has 1 aromatic carbocycles. The highest BCUT2D eigenvalue weighted by Gasteiger charge is 2.07. The fourth-order valence-corrected chi connectivity index (χ4v) is 1.88. The SMILES string of the molecule is CCNc1cc(-c2ccccc2)nc(CN(C)C)n1. The zero-order valence-corrected chi connectivity index (χ0v) is 11.7. The van der Waals surface area contributed by atoms with Crippen molar-refractivity contribution in [1.29, 1.82) is 0 Å². The molecular formula is C15H20N4. The average Bonchev–Trinajstić information content (AvgIpc) is 2.39. The number of anilines is 1. The molecule has 0 aliphatic heterocycles. The van der Waals surface area contributed by atoms with Crippen molar-refractivity contribution in [3.8, 4) is 11.3 Å². The molecule has 100 valence electrons. The van der Waals surface area contributed by atoms with Gasteiger partial charge < -0.3 is 10.2 Å². The van der Waals surface area contributed by atoms with Crippen molar-refractivity contribution < 1.29 is 0 Å². The molecule has 0 atom stereocenters. The molecule has 1 heterocycles. The number of aromatic nitrogens is 2. The van der Waals surface area contributed by atoms with Crippen LogP contribution in [0.15, 0.2) is 36.4 Å². The van der Waals surface area contributed by atoms with Gasteiger partial charge in [-0.1, -0.05) is 30.3 Å². The summed E-state index contributed by atoms with van der Waals surface area (Å²) in [5, 5.41) is 3.26. The van der Waals surface area contributed by atoms with E-state index in [0.29, 0.717) is 0 Å². The Labute approximate surface area is 114 Å². The second-order valence-electron chi connectivity index (χ2n) is 4.69. The molecule has 4 heteroatoms. The fraction of sp³-hybridized carbons (Fsp3) is 0.333. The van der Waals surface area contributed by atoms with E-state index in [1.165, 1.54) is 0 Å². The molecule has 0 bridgehead atoms. The molecule has 2 aromatic rings. The Morgan fingerprint density at radius 3 is 2.47 bits per heavy atom. The molecule has 0 amide bonds. The molecule has 1 N–H and O–H groups in total. The first kappa shape index (κ1) is 13.5. The summed E-state index contributed by atoms with van der Waals surface area (Å²) in [5.41, 5.74) is 2.08. The second-order valence-corrected chi connectivity index (χ2v) is 4.69. The van der Waals surface area contributed by atoms with Crippen molar-refractivity contribution in [1.82, 2.24) is 14.9 Å². The van der Waals surface area contributed by atoms with Gasteiger partial charge in [-0.3, -0.25) is 0 Å². The van der Waals surface area contributed by atoms with E-state index in [9.17, 15) is 0 Å². The smallest absolute Gasteiger partial charge is 0.145 e. The number of benzene rings is 1. The second kappa shape index (κ2) is 6.29. The van der Waals surface area contributed by atoms with E-state index in [-0.39, 0.29) is 0 Å². The number of hydrogen-bond acceptors (Lipinski definition) is 4. The van der Waals surface area contributed by atoms with Crippen LogP contribution in [0.4, 0.5) is 5.82 Å². The van der Waals surface area contributed by atoms with Gasteiger partial charge in [0.1, 0.15) is 11.6 Å². The number of nitrogens with one attached hydrogen (secondary N) is 1. The summed E-state index contributed by atoms with van der Waals surface area (Å²) in [5.74, 6) is 1.72. The summed E-state index contributed by atoms with van der Waals surface area (Å²) in [6, 6.07) is 12.2. The zero-order chi connectivity index (χ0) is 13.7. The van der Waals surface area contributed by atoms with Crippen LogP contribution in [0.2, 0.25) is 0 Å². The van der Waals surface area contributed by atoms with Crippen molar-refractivity contribution in [2.45, 2.75) is 13.5 Å². The average molecular weight is 256 g/mol. The Balaban J connectivity index is 2.39. The van der Waals surface area contributed by atoms with E-state index in [2.05, 4.69) is 39.2 Å². The van der Waals surface area contributed by atoms with Crippen molar-refractivity contribution >= 4 is 5.82 Å². The number of rotatable bonds is 5. The predicted octanol–water partition coefficient (Wildman–Crippen LogP) is 2.64. The van der Waals surface area contributed by atoms with Crippen LogP contribution in [0, 0.1) is 0 Å². The minimum absolute atomic E-state index is 0.735. The third-order valence-electron chi connectivity index (χ3n) is 2.66. The molecule has 0 saturated carbocycles. The third kappa shape index (κ3) is 3.76. The lowest BCUT2D eigenvalue weighted by atomic mass is 10.1. The lowest BCUT2D eigenvalue weighted by Gasteiger charge is -2.12. The normalized spacial score (nSPS) is 10.7. The molecule has 2 rings (SSSR count). The first-order valence-electron chi connectivity index (χ1n) is 6.51. The Morgan fingerprint density at radius 2 is 1.84 bits per heavy atom. The summed E-state index contributed by atoms with van der Waals surface area (Å²) in [6.45, 7) is 3.65. The van der Waals surface area contributed by atoms with Gasteiger partial charge in [-0.05, 0) is 21.0 Å². The molecule has 0 saturated heterocycles. The van der Waals surface area contributed by atoms with E-state index in [1.54, 1.807) is 0 Å². The molecule has 19 heavy (non-hydrogen) atoms. The predicted molar refractivity (Wildman–Crippen MR) is 79.0 cm³/mol. The third-order valence-corrected chi connectivity index (χ3v) is 2.66. The van der Waals surface area contributed by atoms with Gasteiger partial charge in [-0.2, -0.15) is 0 Å². The fourth-order valence-electron chi connectivity index (χ4n) is 1.88. The van der Waals surface area contributed by atoms with Gasteiger partial charge >= 0.3 is 0 Å². The van der Waals surface area contributed by atoms with Crippen LogP contribution < -0.4 is 5.32 Å². The summed E-state index contributed by atoms with van der Waals surface area (Å²) >= 11 is 0. The first-order valence-corrected chi connectivity index (χ1v) is 6.51. The Morgan fingerprint density at radius 1 is 1.11 bits per heavy atom. The quantitative estimate of drug-likeness (QED) is 0.893. The lowest BCUT2D eigenvalue weighted by molar-refractivity contribution is 0.391. The van der Waals surface area contributed by atoms with Crippen LogP contribution >= 0.6 is 0 Å². The van der Waals surface area contributed by atoms with E-state index in [0.717, 1.165) is 36.0 Å². The first-order chi connectivity index (χ1) is 9.19. The Hall–Kier alpha value is -1.94. The number of hydrogen-bond donors (Lipinski definition) is 1. The topological polar surface area (TPSA) is 41.1 Å². The lowest BCUT2D eigenvalue weighted by Crippen LogP contribution is -2.14. The van der Waals surface area contributed by atoms with Crippen LogP contribution in [-0.2, 0) is 6.54 Å². The molecule has 0 aliphatic carbocycles. The maximum Gasteiger partial charge on any atom is 0.145 e. The molecule has 0 aliphatic rings. The van der Waals surface area contributed by atoms with E-state index in [4.69, 9.17) is 0 Å². The standard InChI is InChI=1S/C15H20N4/c1-4-16-14-10-13(12-8-6-5-7-9-12)17-15(18-14)11-19(2)3/h5-10H,4,11H2,1-3H3,(H,16,17,18). The van der Waals surface area contributed by atoms with Crippen LogP contribution in [0.3, 0.4) is 0 Å². The summed E-state index contributed by atoms with van der Waals surface area (Å²) < 4.78 is 0.